The van der Waals surface area contributed by atoms with Crippen LogP contribution in [0.1, 0.15) is 19.8 Å². The van der Waals surface area contributed by atoms with Crippen LogP contribution >= 0.6 is 23.4 Å². The molecule has 0 bridgehead atoms. The summed E-state index contributed by atoms with van der Waals surface area (Å²) in [5.74, 6) is 0.506. The number of rotatable bonds is 3. The van der Waals surface area contributed by atoms with E-state index < -0.39 is 5.60 Å². The second kappa shape index (κ2) is 6.16. The highest BCUT2D eigenvalue weighted by Crippen LogP contribution is 2.27. The zero-order valence-corrected chi connectivity index (χ0v) is 12.5. The fraction of sp³-hybridized carbons (Fsp3) is 0.500. The summed E-state index contributed by atoms with van der Waals surface area (Å²) in [6, 6.07) is 7.53. The van der Waals surface area contributed by atoms with Gasteiger partial charge in [0.05, 0.1) is 16.4 Å². The number of hydrogen-bond donors (Lipinski definition) is 1. The van der Waals surface area contributed by atoms with Gasteiger partial charge in [-0.2, -0.15) is 0 Å². The lowest BCUT2D eigenvalue weighted by atomic mass is 9.94. The molecule has 19 heavy (non-hydrogen) atoms. The van der Waals surface area contributed by atoms with E-state index in [0.29, 0.717) is 36.7 Å². The van der Waals surface area contributed by atoms with Crippen molar-refractivity contribution in [1.82, 2.24) is 4.90 Å². The molecular weight excluding hydrogens is 282 g/mol. The van der Waals surface area contributed by atoms with Crippen molar-refractivity contribution in [3.63, 3.8) is 0 Å². The molecular formula is C14H18ClNO2S. The maximum Gasteiger partial charge on any atom is 0.232 e. The third-order valence-corrected chi connectivity index (χ3v) is 4.88. The van der Waals surface area contributed by atoms with Crippen LogP contribution in [0.25, 0.3) is 0 Å². The van der Waals surface area contributed by atoms with Gasteiger partial charge in [-0.05, 0) is 31.9 Å². The summed E-state index contributed by atoms with van der Waals surface area (Å²) in [6.45, 7) is 3.09. The fourth-order valence-corrected chi connectivity index (χ4v) is 3.17. The number of piperidine rings is 1. The van der Waals surface area contributed by atoms with E-state index in [9.17, 15) is 9.90 Å². The number of benzene rings is 1. The molecule has 0 unspecified atom stereocenters. The molecule has 0 radical (unpaired) electrons. The van der Waals surface area contributed by atoms with Gasteiger partial charge in [0, 0.05) is 18.0 Å². The smallest absolute Gasteiger partial charge is 0.232 e. The number of amides is 1. The Morgan fingerprint density at radius 1 is 1.42 bits per heavy atom. The molecule has 2 rings (SSSR count). The van der Waals surface area contributed by atoms with Crippen molar-refractivity contribution < 1.29 is 9.90 Å². The third kappa shape index (κ3) is 4.13. The van der Waals surface area contributed by atoms with E-state index in [1.54, 1.807) is 0 Å². The second-order valence-corrected chi connectivity index (χ2v) is 6.52. The predicted octanol–water partition coefficient (Wildman–Crippen LogP) is 2.81. The van der Waals surface area contributed by atoms with Gasteiger partial charge in [0.15, 0.2) is 0 Å². The van der Waals surface area contributed by atoms with Crippen LogP contribution in [-0.4, -0.2) is 40.4 Å². The number of hydrogen-bond acceptors (Lipinski definition) is 3. The Balaban J connectivity index is 1.84. The number of carbonyl (C=O) groups is 1. The molecule has 104 valence electrons. The topological polar surface area (TPSA) is 40.5 Å². The molecule has 1 aliphatic rings. The molecule has 1 heterocycles. The summed E-state index contributed by atoms with van der Waals surface area (Å²) < 4.78 is 0. The van der Waals surface area contributed by atoms with E-state index in [-0.39, 0.29) is 5.91 Å². The van der Waals surface area contributed by atoms with Gasteiger partial charge in [0.2, 0.25) is 5.91 Å². The highest BCUT2D eigenvalue weighted by atomic mass is 35.5. The van der Waals surface area contributed by atoms with E-state index >= 15 is 0 Å². The van der Waals surface area contributed by atoms with Gasteiger partial charge in [0.25, 0.3) is 0 Å². The van der Waals surface area contributed by atoms with Gasteiger partial charge >= 0.3 is 0 Å². The van der Waals surface area contributed by atoms with Crippen molar-refractivity contribution in [1.29, 1.82) is 0 Å². The number of aliphatic hydroxyl groups is 1. The summed E-state index contributed by atoms with van der Waals surface area (Å²) in [4.78, 5) is 14.8. The molecule has 1 amide bonds. The molecule has 1 aromatic carbocycles. The molecule has 1 aliphatic heterocycles. The molecule has 0 aliphatic carbocycles. The van der Waals surface area contributed by atoms with Crippen LogP contribution in [0.2, 0.25) is 5.02 Å². The van der Waals surface area contributed by atoms with E-state index in [0.717, 1.165) is 4.90 Å². The zero-order chi connectivity index (χ0) is 13.9. The van der Waals surface area contributed by atoms with Crippen molar-refractivity contribution in [2.75, 3.05) is 18.8 Å². The molecule has 1 N–H and O–H groups in total. The van der Waals surface area contributed by atoms with Crippen LogP contribution in [0.15, 0.2) is 29.2 Å². The van der Waals surface area contributed by atoms with E-state index in [2.05, 4.69) is 0 Å². The first-order chi connectivity index (χ1) is 8.98. The first-order valence-electron chi connectivity index (χ1n) is 6.35. The zero-order valence-electron chi connectivity index (χ0n) is 10.9. The van der Waals surface area contributed by atoms with Gasteiger partial charge in [-0.1, -0.05) is 23.7 Å². The minimum absolute atomic E-state index is 0.111. The van der Waals surface area contributed by atoms with E-state index in [4.69, 9.17) is 11.6 Å². The summed E-state index contributed by atoms with van der Waals surface area (Å²) >= 11 is 7.52. The molecule has 0 spiro atoms. The quantitative estimate of drug-likeness (QED) is 0.873. The number of likely N-dealkylation sites (tertiary alicyclic amines) is 1. The van der Waals surface area contributed by atoms with Crippen molar-refractivity contribution >= 4 is 29.3 Å². The Morgan fingerprint density at radius 2 is 2.05 bits per heavy atom. The fourth-order valence-electron chi connectivity index (χ4n) is 2.03. The lowest BCUT2D eigenvalue weighted by Gasteiger charge is -2.35. The van der Waals surface area contributed by atoms with Crippen LogP contribution in [0.4, 0.5) is 0 Å². The molecule has 1 fully saturated rings. The number of halogens is 1. The average molecular weight is 300 g/mol. The number of nitrogens with zero attached hydrogens (tertiary/aromatic N) is 1. The highest BCUT2D eigenvalue weighted by Gasteiger charge is 2.29. The van der Waals surface area contributed by atoms with Crippen molar-refractivity contribution in [2.45, 2.75) is 30.3 Å². The Hall–Kier alpha value is -0.710. The van der Waals surface area contributed by atoms with Crippen molar-refractivity contribution in [3.05, 3.63) is 29.3 Å². The molecule has 1 saturated heterocycles. The maximum atomic E-state index is 12.1. The number of carbonyl (C=O) groups excluding carboxylic acids is 1. The predicted molar refractivity (Wildman–Crippen MR) is 78.6 cm³/mol. The van der Waals surface area contributed by atoms with Gasteiger partial charge in [0.1, 0.15) is 0 Å². The van der Waals surface area contributed by atoms with Crippen molar-refractivity contribution in [2.24, 2.45) is 0 Å². The molecule has 0 saturated carbocycles. The van der Waals surface area contributed by atoms with Crippen LogP contribution in [0.3, 0.4) is 0 Å². The first kappa shape index (κ1) is 14.7. The Kier molecular flexibility index (Phi) is 4.76. The van der Waals surface area contributed by atoms with E-state index in [1.165, 1.54) is 11.8 Å². The minimum atomic E-state index is -0.618. The van der Waals surface area contributed by atoms with Crippen LogP contribution in [0, 0.1) is 0 Å². The first-order valence-corrected chi connectivity index (χ1v) is 7.72. The Bertz CT molecular complexity index is 455. The van der Waals surface area contributed by atoms with Gasteiger partial charge < -0.3 is 10.0 Å². The SMILES string of the molecule is CC1(O)CCN(C(=O)CSc2ccccc2Cl)CC1. The largest absolute Gasteiger partial charge is 0.390 e. The standard InChI is InChI=1S/C14H18ClNO2S/c1-14(18)6-8-16(9-7-14)13(17)10-19-12-5-3-2-4-11(12)15/h2-5,18H,6-10H2,1H3. The lowest BCUT2D eigenvalue weighted by molar-refractivity contribution is -0.132. The summed E-state index contributed by atoms with van der Waals surface area (Å²) in [7, 11) is 0. The van der Waals surface area contributed by atoms with Crippen LogP contribution in [0.5, 0.6) is 0 Å². The normalized spacial score (nSPS) is 18.4. The summed E-state index contributed by atoms with van der Waals surface area (Å²) in [6.07, 6.45) is 1.30. The lowest BCUT2D eigenvalue weighted by Crippen LogP contribution is -2.45. The Morgan fingerprint density at radius 3 is 2.68 bits per heavy atom. The minimum Gasteiger partial charge on any atom is -0.390 e. The summed E-state index contributed by atoms with van der Waals surface area (Å²) in [5, 5.41) is 10.5. The highest BCUT2D eigenvalue weighted by molar-refractivity contribution is 8.00. The maximum absolute atomic E-state index is 12.1. The number of thioether (sulfide) groups is 1. The molecule has 3 nitrogen and oxygen atoms in total. The van der Waals surface area contributed by atoms with E-state index in [1.807, 2.05) is 36.1 Å². The summed E-state index contributed by atoms with van der Waals surface area (Å²) in [5.41, 5.74) is -0.618. The van der Waals surface area contributed by atoms with Gasteiger partial charge in [-0.15, -0.1) is 11.8 Å². The van der Waals surface area contributed by atoms with Crippen molar-refractivity contribution in [3.8, 4) is 0 Å². The van der Waals surface area contributed by atoms with Gasteiger partial charge in [-0.3, -0.25) is 4.79 Å². The molecule has 0 aromatic heterocycles. The monoisotopic (exact) mass is 299 g/mol. The average Bonchev–Trinajstić information content (AvgIpc) is 2.37. The van der Waals surface area contributed by atoms with Crippen LogP contribution < -0.4 is 0 Å². The third-order valence-electron chi connectivity index (χ3n) is 3.38. The Labute approximate surface area is 122 Å². The van der Waals surface area contributed by atoms with Crippen LogP contribution in [-0.2, 0) is 4.79 Å². The molecule has 0 atom stereocenters. The second-order valence-electron chi connectivity index (χ2n) is 5.10. The van der Waals surface area contributed by atoms with Gasteiger partial charge in [-0.25, -0.2) is 0 Å². The molecule has 1 aromatic rings. The molecule has 5 heteroatoms.